The Morgan fingerprint density at radius 2 is 2.12 bits per heavy atom. The lowest BCUT2D eigenvalue weighted by Crippen LogP contribution is -2.26. The Balaban J connectivity index is 2.14. The number of aliphatic hydroxyl groups is 1. The van der Waals surface area contributed by atoms with E-state index in [1.54, 1.807) is 0 Å². The predicted molar refractivity (Wildman–Crippen MR) is 55.5 cm³/mol. The molecule has 6 nitrogen and oxygen atoms in total. The van der Waals surface area contributed by atoms with Crippen LogP contribution in [0.25, 0.3) is 0 Å². The molecule has 1 fully saturated rings. The van der Waals surface area contributed by atoms with Crippen LogP contribution in [0.1, 0.15) is 42.6 Å². The van der Waals surface area contributed by atoms with Crippen LogP contribution in [0.5, 0.6) is 0 Å². The first-order chi connectivity index (χ1) is 7.38. The van der Waals surface area contributed by atoms with Gasteiger partial charge in [0.2, 0.25) is 5.89 Å². The van der Waals surface area contributed by atoms with E-state index in [0.29, 0.717) is 18.7 Å². The van der Waals surface area contributed by atoms with E-state index in [4.69, 9.17) is 9.63 Å². The van der Waals surface area contributed by atoms with Crippen LogP contribution in [-0.2, 0) is 9.84 Å². The third-order valence-corrected chi connectivity index (χ3v) is 4.42. The fourth-order valence-electron chi connectivity index (χ4n) is 1.56. The predicted octanol–water partition coefficient (Wildman–Crippen LogP) is 0.414. The largest absolute Gasteiger partial charge is 0.393 e. The summed E-state index contributed by atoms with van der Waals surface area (Å²) >= 11 is 0. The molecule has 1 aliphatic carbocycles. The molecule has 1 heterocycles. The first-order valence-corrected chi connectivity index (χ1v) is 7.04. The van der Waals surface area contributed by atoms with E-state index < -0.39 is 15.1 Å². The smallest absolute Gasteiger partial charge is 0.229 e. The molecule has 1 aromatic rings. The van der Waals surface area contributed by atoms with Crippen molar-refractivity contribution in [1.29, 1.82) is 0 Å². The van der Waals surface area contributed by atoms with E-state index in [-0.39, 0.29) is 17.8 Å². The van der Waals surface area contributed by atoms with Gasteiger partial charge in [0, 0.05) is 12.2 Å². The summed E-state index contributed by atoms with van der Waals surface area (Å²) in [7, 11) is -3.20. The van der Waals surface area contributed by atoms with Gasteiger partial charge in [-0.25, -0.2) is 8.42 Å². The first kappa shape index (κ1) is 11.5. The van der Waals surface area contributed by atoms with Crippen molar-refractivity contribution in [3.05, 3.63) is 11.7 Å². The highest BCUT2D eigenvalue weighted by Crippen LogP contribution is 2.36. The molecule has 0 amide bonds. The summed E-state index contributed by atoms with van der Waals surface area (Å²) < 4.78 is 27.6. The van der Waals surface area contributed by atoms with Gasteiger partial charge >= 0.3 is 0 Å². The minimum absolute atomic E-state index is 0.0722. The number of aliphatic hydroxyl groups excluding tert-OH is 1. The normalized spacial score (nSPS) is 27.4. The summed E-state index contributed by atoms with van der Waals surface area (Å²) in [4.78, 5) is 4.07. The molecule has 0 radical (unpaired) electrons. The van der Waals surface area contributed by atoms with Gasteiger partial charge in [0.15, 0.2) is 15.7 Å². The molecule has 0 aliphatic heterocycles. The number of rotatable bonds is 3. The SMILES string of the molecule is CC(c1noc(C2CC(O)C2)n1)S(C)(=O)=O. The third kappa shape index (κ3) is 2.10. The summed E-state index contributed by atoms with van der Waals surface area (Å²) in [5.41, 5.74) is 0. The molecule has 1 saturated carbocycles. The highest BCUT2D eigenvalue weighted by molar-refractivity contribution is 7.90. The maximum atomic E-state index is 11.3. The second-order valence-corrected chi connectivity index (χ2v) is 6.65. The maximum absolute atomic E-state index is 11.3. The van der Waals surface area contributed by atoms with Crippen LogP contribution >= 0.6 is 0 Å². The highest BCUT2D eigenvalue weighted by atomic mass is 32.2. The summed E-state index contributed by atoms with van der Waals surface area (Å²) in [6.07, 6.45) is 2.05. The Morgan fingerprint density at radius 1 is 1.50 bits per heavy atom. The van der Waals surface area contributed by atoms with Gasteiger partial charge in [0.05, 0.1) is 6.10 Å². The van der Waals surface area contributed by atoms with Crippen LogP contribution in [0, 0.1) is 0 Å². The molecule has 0 bridgehead atoms. The van der Waals surface area contributed by atoms with Gasteiger partial charge < -0.3 is 9.63 Å². The molecule has 1 atom stereocenters. The quantitative estimate of drug-likeness (QED) is 0.830. The number of hydrogen-bond donors (Lipinski definition) is 1. The molecule has 2 rings (SSSR count). The lowest BCUT2D eigenvalue weighted by molar-refractivity contribution is 0.0625. The molecule has 1 unspecified atom stereocenters. The van der Waals surface area contributed by atoms with Crippen molar-refractivity contribution in [2.45, 2.75) is 37.0 Å². The molecule has 0 saturated heterocycles. The van der Waals surface area contributed by atoms with Gasteiger partial charge in [0.1, 0.15) is 5.25 Å². The molecule has 0 aromatic carbocycles. The van der Waals surface area contributed by atoms with Crippen LogP contribution in [0.2, 0.25) is 0 Å². The van der Waals surface area contributed by atoms with Crippen molar-refractivity contribution in [1.82, 2.24) is 10.1 Å². The molecule has 1 aromatic heterocycles. The fourth-order valence-corrected chi connectivity index (χ4v) is 2.04. The van der Waals surface area contributed by atoms with Crippen molar-refractivity contribution in [2.24, 2.45) is 0 Å². The van der Waals surface area contributed by atoms with Gasteiger partial charge in [-0.2, -0.15) is 4.98 Å². The number of nitrogens with zero attached hydrogens (tertiary/aromatic N) is 2. The number of hydrogen-bond acceptors (Lipinski definition) is 6. The number of aromatic nitrogens is 2. The molecule has 7 heteroatoms. The van der Waals surface area contributed by atoms with E-state index >= 15 is 0 Å². The molecule has 16 heavy (non-hydrogen) atoms. The Morgan fingerprint density at radius 3 is 2.62 bits per heavy atom. The van der Waals surface area contributed by atoms with Crippen LogP contribution in [0.3, 0.4) is 0 Å². The summed E-state index contributed by atoms with van der Waals surface area (Å²) in [5, 5.41) is 12.0. The van der Waals surface area contributed by atoms with Crippen LogP contribution < -0.4 is 0 Å². The first-order valence-electron chi connectivity index (χ1n) is 5.08. The molecule has 1 N–H and O–H groups in total. The lowest BCUT2D eigenvalue weighted by Gasteiger charge is -2.27. The second kappa shape index (κ2) is 3.81. The number of sulfone groups is 1. The summed E-state index contributed by atoms with van der Waals surface area (Å²) in [6, 6.07) is 0. The second-order valence-electron chi connectivity index (χ2n) is 4.28. The van der Waals surface area contributed by atoms with E-state index in [0.717, 1.165) is 6.26 Å². The zero-order valence-electron chi connectivity index (χ0n) is 9.12. The van der Waals surface area contributed by atoms with E-state index in [9.17, 15) is 8.42 Å². The Bertz CT molecular complexity index is 475. The standard InChI is InChI=1S/C9H14N2O4S/c1-5(16(2,13)14)8-10-9(15-11-8)6-3-7(12)4-6/h5-7,12H,3-4H2,1-2H3. The third-order valence-electron chi connectivity index (χ3n) is 2.93. The van der Waals surface area contributed by atoms with E-state index in [2.05, 4.69) is 10.1 Å². The van der Waals surface area contributed by atoms with E-state index in [1.807, 2.05) is 0 Å². The molecule has 0 spiro atoms. The Labute approximate surface area is 93.6 Å². The minimum atomic E-state index is -3.20. The summed E-state index contributed by atoms with van der Waals surface area (Å²) in [5.74, 6) is 0.692. The van der Waals surface area contributed by atoms with Gasteiger partial charge in [-0.3, -0.25) is 0 Å². The monoisotopic (exact) mass is 246 g/mol. The van der Waals surface area contributed by atoms with Gasteiger partial charge in [0.25, 0.3) is 0 Å². The van der Waals surface area contributed by atoms with Gasteiger partial charge in [-0.1, -0.05) is 5.16 Å². The van der Waals surface area contributed by atoms with E-state index in [1.165, 1.54) is 6.92 Å². The fraction of sp³-hybridized carbons (Fsp3) is 0.778. The Hall–Kier alpha value is -0.950. The van der Waals surface area contributed by atoms with Crippen LogP contribution in [0.4, 0.5) is 0 Å². The molecule has 90 valence electrons. The van der Waals surface area contributed by atoms with Gasteiger partial charge in [-0.05, 0) is 19.8 Å². The summed E-state index contributed by atoms with van der Waals surface area (Å²) in [6.45, 7) is 1.53. The van der Waals surface area contributed by atoms with Crippen molar-refractivity contribution >= 4 is 9.84 Å². The van der Waals surface area contributed by atoms with Gasteiger partial charge in [-0.15, -0.1) is 0 Å². The zero-order chi connectivity index (χ0) is 11.9. The lowest BCUT2D eigenvalue weighted by atomic mass is 9.82. The van der Waals surface area contributed by atoms with Crippen molar-refractivity contribution in [2.75, 3.05) is 6.26 Å². The minimum Gasteiger partial charge on any atom is -0.393 e. The van der Waals surface area contributed by atoms with Crippen molar-refractivity contribution < 1.29 is 18.0 Å². The van der Waals surface area contributed by atoms with Crippen molar-refractivity contribution in [3.63, 3.8) is 0 Å². The van der Waals surface area contributed by atoms with Crippen LogP contribution in [-0.4, -0.2) is 36.0 Å². The highest BCUT2D eigenvalue weighted by Gasteiger charge is 2.34. The van der Waals surface area contributed by atoms with Crippen molar-refractivity contribution in [3.8, 4) is 0 Å². The maximum Gasteiger partial charge on any atom is 0.229 e. The molecule has 1 aliphatic rings. The topological polar surface area (TPSA) is 93.3 Å². The average Bonchev–Trinajstić information content (AvgIpc) is 2.58. The zero-order valence-corrected chi connectivity index (χ0v) is 9.94. The average molecular weight is 246 g/mol. The Kier molecular flexibility index (Phi) is 2.75. The molecular weight excluding hydrogens is 232 g/mol. The molecular formula is C9H14N2O4S. The van der Waals surface area contributed by atoms with Crippen LogP contribution in [0.15, 0.2) is 4.52 Å².